The maximum Gasteiger partial charge on any atom is 0.275 e. The third-order valence-corrected chi connectivity index (χ3v) is 5.74. The summed E-state index contributed by atoms with van der Waals surface area (Å²) >= 11 is 1.60. The van der Waals surface area contributed by atoms with E-state index in [0.29, 0.717) is 12.6 Å². The fourth-order valence-corrected chi connectivity index (χ4v) is 4.17. The second-order valence-electron chi connectivity index (χ2n) is 6.55. The molecule has 3 rings (SSSR count). The van der Waals surface area contributed by atoms with E-state index >= 15 is 0 Å². The highest BCUT2D eigenvalue weighted by molar-refractivity contribution is 7.10. The van der Waals surface area contributed by atoms with E-state index in [1.54, 1.807) is 23.5 Å². The zero-order valence-electron chi connectivity index (χ0n) is 13.9. The summed E-state index contributed by atoms with van der Waals surface area (Å²) in [5.41, 5.74) is 0.911. The zero-order valence-corrected chi connectivity index (χ0v) is 14.7. The van der Waals surface area contributed by atoms with Gasteiger partial charge in [-0.05, 0) is 55.3 Å². The Labute approximate surface area is 146 Å². The molecular weight excluding hydrogens is 323 g/mol. The molecule has 0 saturated carbocycles. The Balaban J connectivity index is 1.72. The molecule has 24 heavy (non-hydrogen) atoms. The summed E-state index contributed by atoms with van der Waals surface area (Å²) in [6.45, 7) is 3.79. The molecule has 1 aromatic heterocycles. The van der Waals surface area contributed by atoms with Crippen molar-refractivity contribution in [2.75, 3.05) is 13.1 Å². The van der Waals surface area contributed by atoms with Gasteiger partial charge in [0.05, 0.1) is 18.6 Å². The molecule has 3 nitrogen and oxygen atoms in total. The minimum atomic E-state index is -0.262. The summed E-state index contributed by atoms with van der Waals surface area (Å²) in [4.78, 5) is 15.0. The van der Waals surface area contributed by atoms with E-state index in [0.717, 1.165) is 17.0 Å². The van der Waals surface area contributed by atoms with Crippen LogP contribution in [0, 0.1) is 5.82 Å². The van der Waals surface area contributed by atoms with E-state index in [2.05, 4.69) is 12.2 Å². The van der Waals surface area contributed by atoms with E-state index in [1.165, 1.54) is 36.3 Å². The van der Waals surface area contributed by atoms with Gasteiger partial charge in [0.25, 0.3) is 5.91 Å². The molecule has 2 heterocycles. The van der Waals surface area contributed by atoms with Crippen molar-refractivity contribution >= 4 is 17.2 Å². The van der Waals surface area contributed by atoms with E-state index in [9.17, 15) is 9.18 Å². The lowest BCUT2D eigenvalue weighted by atomic mass is 10.0. The second-order valence-corrected chi connectivity index (χ2v) is 7.53. The number of amides is 1. The number of quaternary nitrogens is 1. The van der Waals surface area contributed by atoms with Crippen molar-refractivity contribution in [2.24, 2.45) is 0 Å². The molecule has 1 unspecified atom stereocenters. The number of hydrogen-bond acceptors (Lipinski definition) is 2. The Kier molecular flexibility index (Phi) is 5.63. The number of carbonyl (C=O) groups excluding carboxylic acids is 1. The molecule has 0 spiro atoms. The molecule has 1 aliphatic rings. The molecule has 2 aromatic rings. The molecule has 3 atom stereocenters. The minimum absolute atomic E-state index is 0.0569. The summed E-state index contributed by atoms with van der Waals surface area (Å²) in [5.74, 6) is -0.205. The lowest BCUT2D eigenvalue weighted by Crippen LogP contribution is -3.17. The Hall–Kier alpha value is -1.72. The standard InChI is InChI=1S/C19H23FN2OS/c1-14-5-2-3-11-22(14)13-18(23)21-19(17-6-4-12-24-17)15-7-9-16(20)10-8-15/h4,6-10,12,14,19H,2-3,5,11,13H2,1H3,(H,21,23)/p+1/t14-,19+/m1/s1. The van der Waals surface area contributed by atoms with Gasteiger partial charge in [-0.3, -0.25) is 4.79 Å². The van der Waals surface area contributed by atoms with Gasteiger partial charge in [-0.1, -0.05) is 18.2 Å². The number of thiophene rings is 1. The van der Waals surface area contributed by atoms with E-state index in [-0.39, 0.29) is 17.8 Å². The maximum absolute atomic E-state index is 13.2. The summed E-state index contributed by atoms with van der Waals surface area (Å²) in [5, 5.41) is 5.15. The summed E-state index contributed by atoms with van der Waals surface area (Å²) in [7, 11) is 0. The Morgan fingerprint density at radius 1 is 1.33 bits per heavy atom. The topological polar surface area (TPSA) is 33.5 Å². The molecule has 0 bridgehead atoms. The fourth-order valence-electron chi connectivity index (χ4n) is 3.36. The van der Waals surface area contributed by atoms with Gasteiger partial charge >= 0.3 is 0 Å². The highest BCUT2D eigenvalue weighted by atomic mass is 32.1. The van der Waals surface area contributed by atoms with Gasteiger partial charge in [0.15, 0.2) is 6.54 Å². The van der Waals surface area contributed by atoms with Gasteiger partial charge in [0.1, 0.15) is 5.82 Å². The normalized spacial score (nSPS) is 22.1. The quantitative estimate of drug-likeness (QED) is 0.856. The molecule has 1 amide bonds. The fraction of sp³-hybridized carbons (Fsp3) is 0.421. The zero-order chi connectivity index (χ0) is 16.9. The highest BCUT2D eigenvalue weighted by Crippen LogP contribution is 2.26. The van der Waals surface area contributed by atoms with Gasteiger partial charge in [-0.2, -0.15) is 0 Å². The predicted octanol–water partition coefficient (Wildman–Crippen LogP) is 2.55. The molecule has 1 aromatic carbocycles. The number of hydrogen-bond donors (Lipinski definition) is 2. The Morgan fingerprint density at radius 2 is 2.12 bits per heavy atom. The van der Waals surface area contributed by atoms with Crippen molar-refractivity contribution in [2.45, 2.75) is 38.3 Å². The number of likely N-dealkylation sites (tertiary alicyclic amines) is 1. The van der Waals surface area contributed by atoms with Crippen LogP contribution in [0.25, 0.3) is 0 Å². The van der Waals surface area contributed by atoms with Crippen LogP contribution in [0.2, 0.25) is 0 Å². The first-order valence-corrected chi connectivity index (χ1v) is 9.44. The van der Waals surface area contributed by atoms with Crippen molar-refractivity contribution in [1.82, 2.24) is 5.32 Å². The molecule has 128 valence electrons. The Bertz CT molecular complexity index is 657. The summed E-state index contributed by atoms with van der Waals surface area (Å²) < 4.78 is 13.2. The number of rotatable bonds is 5. The van der Waals surface area contributed by atoms with Gasteiger partial charge in [-0.25, -0.2) is 4.39 Å². The van der Waals surface area contributed by atoms with E-state index < -0.39 is 0 Å². The third-order valence-electron chi connectivity index (χ3n) is 4.81. The Morgan fingerprint density at radius 3 is 2.79 bits per heavy atom. The van der Waals surface area contributed by atoms with Crippen molar-refractivity contribution in [3.05, 3.63) is 58.0 Å². The number of piperidine rings is 1. The SMILES string of the molecule is C[C@@H]1CCCC[NH+]1CC(=O)N[C@@H](c1ccc(F)cc1)c1cccs1. The van der Waals surface area contributed by atoms with Crippen LogP contribution in [0.5, 0.6) is 0 Å². The third kappa shape index (κ3) is 4.22. The summed E-state index contributed by atoms with van der Waals surface area (Å²) in [6.07, 6.45) is 3.65. The van der Waals surface area contributed by atoms with Gasteiger partial charge in [0, 0.05) is 4.88 Å². The van der Waals surface area contributed by atoms with Gasteiger partial charge in [-0.15, -0.1) is 11.3 Å². The average Bonchev–Trinajstić information content (AvgIpc) is 3.10. The lowest BCUT2D eigenvalue weighted by Gasteiger charge is -2.30. The number of benzene rings is 1. The average molecular weight is 347 g/mol. The van der Waals surface area contributed by atoms with Crippen molar-refractivity contribution < 1.29 is 14.1 Å². The number of carbonyl (C=O) groups is 1. The van der Waals surface area contributed by atoms with Crippen LogP contribution in [-0.4, -0.2) is 25.0 Å². The van der Waals surface area contributed by atoms with Crippen LogP contribution in [0.1, 0.15) is 42.7 Å². The molecule has 2 N–H and O–H groups in total. The lowest BCUT2D eigenvalue weighted by molar-refractivity contribution is -0.921. The largest absolute Gasteiger partial charge is 0.339 e. The molecule has 0 aliphatic carbocycles. The predicted molar refractivity (Wildman–Crippen MR) is 94.7 cm³/mol. The maximum atomic E-state index is 13.2. The first kappa shape index (κ1) is 17.1. The van der Waals surface area contributed by atoms with Crippen molar-refractivity contribution in [1.29, 1.82) is 0 Å². The highest BCUT2D eigenvalue weighted by Gasteiger charge is 2.26. The summed E-state index contributed by atoms with van der Waals surface area (Å²) in [6, 6.07) is 10.7. The second kappa shape index (κ2) is 7.90. The van der Waals surface area contributed by atoms with E-state index in [4.69, 9.17) is 0 Å². The molecule has 1 saturated heterocycles. The van der Waals surface area contributed by atoms with Crippen LogP contribution in [-0.2, 0) is 4.79 Å². The first-order valence-electron chi connectivity index (χ1n) is 8.56. The first-order chi connectivity index (χ1) is 11.6. The molecule has 5 heteroatoms. The van der Waals surface area contributed by atoms with Crippen molar-refractivity contribution in [3.63, 3.8) is 0 Å². The number of halogens is 1. The van der Waals surface area contributed by atoms with Crippen LogP contribution in [0.15, 0.2) is 41.8 Å². The van der Waals surface area contributed by atoms with Crippen LogP contribution in [0.3, 0.4) is 0 Å². The molecule has 1 aliphatic heterocycles. The van der Waals surface area contributed by atoms with Crippen LogP contribution in [0.4, 0.5) is 4.39 Å². The van der Waals surface area contributed by atoms with Crippen LogP contribution < -0.4 is 10.2 Å². The van der Waals surface area contributed by atoms with Gasteiger partial charge in [0.2, 0.25) is 0 Å². The molecule has 1 fully saturated rings. The van der Waals surface area contributed by atoms with Gasteiger partial charge < -0.3 is 10.2 Å². The molecular formula is C19H24FN2OS+. The smallest absolute Gasteiger partial charge is 0.275 e. The van der Waals surface area contributed by atoms with Crippen LogP contribution >= 0.6 is 11.3 Å². The minimum Gasteiger partial charge on any atom is -0.339 e. The number of nitrogens with one attached hydrogen (secondary N) is 2. The van der Waals surface area contributed by atoms with E-state index in [1.807, 2.05) is 17.5 Å². The molecule has 0 radical (unpaired) electrons. The van der Waals surface area contributed by atoms with Crippen molar-refractivity contribution in [3.8, 4) is 0 Å². The monoisotopic (exact) mass is 347 g/mol.